The van der Waals surface area contributed by atoms with Gasteiger partial charge in [-0.3, -0.25) is 0 Å². The summed E-state index contributed by atoms with van der Waals surface area (Å²) in [6, 6.07) is 0. The molecular weight excluding hydrogens is 216 g/mol. The zero-order valence-corrected chi connectivity index (χ0v) is 10.1. The minimum Gasteiger partial charge on any atom is -0.392 e. The number of aliphatic hydroxyl groups excluding tert-OH is 1. The number of hydrogen-bond donors (Lipinski definition) is 2. The van der Waals surface area contributed by atoms with E-state index in [4.69, 9.17) is 5.11 Å². The van der Waals surface area contributed by atoms with Gasteiger partial charge in [0, 0.05) is 19.6 Å². The highest BCUT2D eigenvalue weighted by atomic mass is 32.2. The largest absolute Gasteiger partial charge is 0.392 e. The van der Waals surface area contributed by atoms with Gasteiger partial charge >= 0.3 is 0 Å². The lowest BCUT2D eigenvalue weighted by Crippen LogP contribution is -2.47. The van der Waals surface area contributed by atoms with Crippen molar-refractivity contribution in [3.8, 4) is 0 Å². The van der Waals surface area contributed by atoms with E-state index in [0.29, 0.717) is 19.0 Å². The molecule has 1 fully saturated rings. The number of nitrogens with zero attached hydrogens (tertiary/aromatic N) is 1. The zero-order valence-electron chi connectivity index (χ0n) is 9.31. The molecule has 5 nitrogen and oxygen atoms in total. The molecular formula is C9H20N2O3S. The second-order valence-electron chi connectivity index (χ2n) is 4.31. The van der Waals surface area contributed by atoms with Crippen LogP contribution in [0.1, 0.15) is 26.7 Å². The SMILES string of the molecule is CC1CCCN(S(=O)(=O)NC[C@H](C)O)C1. The maximum absolute atomic E-state index is 11.7. The van der Waals surface area contributed by atoms with Gasteiger partial charge in [-0.25, -0.2) is 0 Å². The van der Waals surface area contributed by atoms with Crippen molar-refractivity contribution >= 4 is 10.2 Å². The average molecular weight is 236 g/mol. The van der Waals surface area contributed by atoms with E-state index < -0.39 is 16.3 Å². The molecule has 0 spiro atoms. The Kier molecular flexibility index (Phi) is 4.51. The van der Waals surface area contributed by atoms with Gasteiger partial charge < -0.3 is 5.11 Å². The topological polar surface area (TPSA) is 69.6 Å². The van der Waals surface area contributed by atoms with Gasteiger partial charge in [-0.1, -0.05) is 6.92 Å². The standard InChI is InChI=1S/C9H20N2O3S/c1-8-4-3-5-11(7-8)15(13,14)10-6-9(2)12/h8-10,12H,3-7H2,1-2H3/t8?,9-/m0/s1. The molecule has 0 aromatic rings. The fraction of sp³-hybridized carbons (Fsp3) is 1.00. The molecule has 1 unspecified atom stereocenters. The summed E-state index contributed by atoms with van der Waals surface area (Å²) in [5.74, 6) is 0.418. The van der Waals surface area contributed by atoms with E-state index in [0.717, 1.165) is 12.8 Å². The van der Waals surface area contributed by atoms with Crippen LogP contribution in [-0.4, -0.2) is 43.6 Å². The fourth-order valence-corrected chi connectivity index (χ4v) is 3.14. The van der Waals surface area contributed by atoms with E-state index >= 15 is 0 Å². The highest BCUT2D eigenvalue weighted by Crippen LogP contribution is 2.17. The monoisotopic (exact) mass is 236 g/mol. The van der Waals surface area contributed by atoms with Crippen molar-refractivity contribution < 1.29 is 13.5 Å². The Hall–Kier alpha value is -0.170. The van der Waals surface area contributed by atoms with E-state index in [1.807, 2.05) is 0 Å². The van der Waals surface area contributed by atoms with Gasteiger partial charge in [0.15, 0.2) is 0 Å². The van der Waals surface area contributed by atoms with Gasteiger partial charge in [0.25, 0.3) is 10.2 Å². The number of aliphatic hydroxyl groups is 1. The Morgan fingerprint density at radius 3 is 2.80 bits per heavy atom. The Morgan fingerprint density at radius 1 is 1.60 bits per heavy atom. The molecule has 1 aliphatic rings. The first-order chi connectivity index (χ1) is 6.92. The van der Waals surface area contributed by atoms with Crippen LogP contribution >= 0.6 is 0 Å². The number of nitrogens with one attached hydrogen (secondary N) is 1. The second kappa shape index (κ2) is 5.25. The molecule has 1 saturated heterocycles. The van der Waals surface area contributed by atoms with Crippen LogP contribution in [0.3, 0.4) is 0 Å². The first kappa shape index (κ1) is 12.9. The Labute approximate surface area is 91.7 Å². The summed E-state index contributed by atoms with van der Waals surface area (Å²) in [4.78, 5) is 0. The van der Waals surface area contributed by atoms with Gasteiger partial charge in [-0.05, 0) is 25.7 Å². The molecule has 0 amide bonds. The zero-order chi connectivity index (χ0) is 11.5. The second-order valence-corrected chi connectivity index (χ2v) is 6.06. The summed E-state index contributed by atoms with van der Waals surface area (Å²) in [6.45, 7) is 4.85. The van der Waals surface area contributed by atoms with Gasteiger partial charge in [-0.15, -0.1) is 0 Å². The van der Waals surface area contributed by atoms with E-state index in [1.54, 1.807) is 6.92 Å². The van der Waals surface area contributed by atoms with Crippen LogP contribution in [0.2, 0.25) is 0 Å². The molecule has 2 atom stereocenters. The lowest BCUT2D eigenvalue weighted by atomic mass is 10.0. The first-order valence-corrected chi connectivity index (χ1v) is 6.78. The van der Waals surface area contributed by atoms with E-state index in [9.17, 15) is 8.42 Å². The molecule has 2 N–H and O–H groups in total. The average Bonchev–Trinajstić information content (AvgIpc) is 2.15. The third-order valence-corrected chi connectivity index (χ3v) is 4.06. The van der Waals surface area contributed by atoms with Crippen LogP contribution in [0.4, 0.5) is 0 Å². The summed E-state index contributed by atoms with van der Waals surface area (Å²) in [5, 5.41) is 9.02. The molecule has 0 aromatic carbocycles. The fourth-order valence-electron chi connectivity index (χ4n) is 1.68. The van der Waals surface area contributed by atoms with Crippen molar-refractivity contribution in [3.05, 3.63) is 0 Å². The molecule has 90 valence electrons. The maximum Gasteiger partial charge on any atom is 0.279 e. The van der Waals surface area contributed by atoms with E-state index in [-0.39, 0.29) is 6.54 Å². The van der Waals surface area contributed by atoms with Crippen molar-refractivity contribution in [2.75, 3.05) is 19.6 Å². The molecule has 0 aromatic heterocycles. The van der Waals surface area contributed by atoms with Gasteiger partial charge in [-0.2, -0.15) is 17.4 Å². The smallest absolute Gasteiger partial charge is 0.279 e. The van der Waals surface area contributed by atoms with Crippen molar-refractivity contribution in [2.45, 2.75) is 32.8 Å². The molecule has 6 heteroatoms. The molecule has 0 aliphatic carbocycles. The minimum atomic E-state index is -3.39. The molecule has 15 heavy (non-hydrogen) atoms. The Morgan fingerprint density at radius 2 is 2.27 bits per heavy atom. The van der Waals surface area contributed by atoms with Crippen LogP contribution < -0.4 is 4.72 Å². The number of piperidine rings is 1. The minimum absolute atomic E-state index is 0.0766. The summed E-state index contributed by atoms with van der Waals surface area (Å²) < 4.78 is 27.3. The Bertz CT molecular complexity index is 290. The molecule has 0 bridgehead atoms. The molecule has 0 radical (unpaired) electrons. The van der Waals surface area contributed by atoms with Crippen LogP contribution in [0.15, 0.2) is 0 Å². The molecule has 1 aliphatic heterocycles. The third-order valence-electron chi connectivity index (χ3n) is 2.52. The quantitative estimate of drug-likeness (QED) is 0.718. The van der Waals surface area contributed by atoms with Crippen molar-refractivity contribution in [2.24, 2.45) is 5.92 Å². The molecule has 0 saturated carbocycles. The highest BCUT2D eigenvalue weighted by Gasteiger charge is 2.26. The van der Waals surface area contributed by atoms with Gasteiger partial charge in [0.2, 0.25) is 0 Å². The van der Waals surface area contributed by atoms with Crippen LogP contribution in [0.5, 0.6) is 0 Å². The molecule has 1 heterocycles. The summed E-state index contributed by atoms with van der Waals surface area (Å²) in [6.07, 6.45) is 1.35. The van der Waals surface area contributed by atoms with Gasteiger partial charge in [0.1, 0.15) is 0 Å². The van der Waals surface area contributed by atoms with Crippen molar-refractivity contribution in [1.82, 2.24) is 9.03 Å². The van der Waals surface area contributed by atoms with E-state index in [2.05, 4.69) is 11.6 Å². The molecule has 1 rings (SSSR count). The van der Waals surface area contributed by atoms with Crippen LogP contribution in [0, 0.1) is 5.92 Å². The number of hydrogen-bond acceptors (Lipinski definition) is 3. The predicted molar refractivity (Wildman–Crippen MR) is 58.6 cm³/mol. The first-order valence-electron chi connectivity index (χ1n) is 5.34. The van der Waals surface area contributed by atoms with Crippen molar-refractivity contribution in [3.63, 3.8) is 0 Å². The Balaban J connectivity index is 2.52. The van der Waals surface area contributed by atoms with Crippen molar-refractivity contribution in [1.29, 1.82) is 0 Å². The maximum atomic E-state index is 11.7. The summed E-state index contributed by atoms with van der Waals surface area (Å²) in [7, 11) is -3.39. The number of rotatable bonds is 4. The summed E-state index contributed by atoms with van der Waals surface area (Å²) >= 11 is 0. The lowest BCUT2D eigenvalue weighted by molar-refractivity contribution is 0.196. The third kappa shape index (κ3) is 4.06. The highest BCUT2D eigenvalue weighted by molar-refractivity contribution is 7.87. The van der Waals surface area contributed by atoms with Gasteiger partial charge in [0.05, 0.1) is 6.10 Å². The van der Waals surface area contributed by atoms with Crippen LogP contribution in [-0.2, 0) is 10.2 Å². The predicted octanol–water partition coefficient (Wildman–Crippen LogP) is -0.0665. The van der Waals surface area contributed by atoms with E-state index in [1.165, 1.54) is 4.31 Å². The van der Waals surface area contributed by atoms with Crippen LogP contribution in [0.25, 0.3) is 0 Å². The normalized spacial score (nSPS) is 26.5. The lowest BCUT2D eigenvalue weighted by Gasteiger charge is -2.30. The summed E-state index contributed by atoms with van der Waals surface area (Å²) in [5.41, 5.74) is 0.